The van der Waals surface area contributed by atoms with Gasteiger partial charge in [-0.05, 0) is 38.5 Å². The van der Waals surface area contributed by atoms with Gasteiger partial charge in [0.15, 0.2) is 6.29 Å². The smallest absolute Gasteiger partial charge is 0.397 e. The van der Waals surface area contributed by atoms with E-state index in [1.165, 1.54) is 199 Å². The maximum absolute atomic E-state index is 12.9. The average molecular weight is 992 g/mol. The predicted octanol–water partition coefficient (Wildman–Crippen LogP) is 13.8. The van der Waals surface area contributed by atoms with E-state index in [2.05, 4.69) is 30.2 Å². The van der Waals surface area contributed by atoms with Crippen LogP contribution in [0.5, 0.6) is 0 Å². The van der Waals surface area contributed by atoms with Gasteiger partial charge in [-0.2, -0.15) is 8.42 Å². The second kappa shape index (κ2) is 46.9. The van der Waals surface area contributed by atoms with Gasteiger partial charge in [0.25, 0.3) is 0 Å². The number of aliphatic hydroxyl groups is 3. The van der Waals surface area contributed by atoms with Crippen molar-refractivity contribution in [2.24, 2.45) is 0 Å². The van der Waals surface area contributed by atoms with Gasteiger partial charge in [-0.25, -0.2) is 4.18 Å². The van der Waals surface area contributed by atoms with Gasteiger partial charge < -0.3 is 34.3 Å². The molecule has 0 aromatic rings. The largest absolute Gasteiger partial charge is 0.457 e. The third kappa shape index (κ3) is 39.5. The Hall–Kier alpha value is -1.16. The van der Waals surface area contributed by atoms with E-state index in [1.54, 1.807) is 0 Å². The molecule has 0 radical (unpaired) electrons. The minimum Gasteiger partial charge on any atom is -0.457 e. The van der Waals surface area contributed by atoms with E-state index in [0.717, 1.165) is 44.9 Å². The highest BCUT2D eigenvalue weighted by Gasteiger charge is 2.48. The molecule has 1 fully saturated rings. The first-order chi connectivity index (χ1) is 33.1. The van der Waals surface area contributed by atoms with E-state index >= 15 is 0 Å². The van der Waals surface area contributed by atoms with Crippen molar-refractivity contribution in [3.05, 3.63) is 12.2 Å². The molecule has 1 heterocycles. The van der Waals surface area contributed by atoms with Crippen LogP contribution in [-0.4, -0.2) is 97.5 Å². The molecule has 0 amide bonds. The molecule has 0 bridgehead atoms. The number of esters is 1. The van der Waals surface area contributed by atoms with E-state index < -0.39 is 59.8 Å². The summed E-state index contributed by atoms with van der Waals surface area (Å²) in [5, 5.41) is 30.8. The minimum absolute atomic E-state index is 0.0409. The Morgan fingerprint density at radius 1 is 0.544 bits per heavy atom. The molecule has 6 atom stereocenters. The molecular formula is C55H106O12S. The highest BCUT2D eigenvalue weighted by Crippen LogP contribution is 2.26. The van der Waals surface area contributed by atoms with Crippen LogP contribution in [0, 0.1) is 0 Å². The first-order valence-electron chi connectivity index (χ1n) is 28.4. The SMILES string of the molecule is CCCCCCCCC/C=C\CCCCCCCCCC(=O)OC(COCCCCCCCCCCCCCCCCCCCCCCCCC)COC1OC(CO)C(O)C(OS(=O)(=O)O)C1O. The van der Waals surface area contributed by atoms with Crippen molar-refractivity contribution < 1.29 is 56.2 Å². The first kappa shape index (κ1) is 64.9. The average Bonchev–Trinajstić information content (AvgIpc) is 3.31. The summed E-state index contributed by atoms with van der Waals surface area (Å²) in [6.45, 7) is 4.05. The Morgan fingerprint density at radius 2 is 0.926 bits per heavy atom. The molecule has 0 aromatic heterocycles. The summed E-state index contributed by atoms with van der Waals surface area (Å²) in [6.07, 6.45) is 45.4. The number of aliphatic hydroxyl groups excluding tert-OH is 3. The Balaban J connectivity index is 2.29. The maximum atomic E-state index is 12.9. The molecule has 6 unspecified atom stereocenters. The maximum Gasteiger partial charge on any atom is 0.397 e. The van der Waals surface area contributed by atoms with Crippen LogP contribution >= 0.6 is 0 Å². The second-order valence-electron chi connectivity index (χ2n) is 19.9. The fourth-order valence-electron chi connectivity index (χ4n) is 9.08. The van der Waals surface area contributed by atoms with Gasteiger partial charge in [0.1, 0.15) is 30.5 Å². The Bertz CT molecular complexity index is 1240. The lowest BCUT2D eigenvalue weighted by molar-refractivity contribution is -0.301. The van der Waals surface area contributed by atoms with Crippen molar-refractivity contribution in [1.29, 1.82) is 0 Å². The molecule has 1 saturated heterocycles. The Labute approximate surface area is 417 Å². The standard InChI is InChI=1S/C55H106O12S/c1-3-5-7-9-11-13-15-17-19-21-23-24-25-26-27-29-31-33-35-37-39-41-43-45-63-47-49(48-64-55-53(59)54(67-68(60,61)62)52(58)50(46-56)66-55)65-51(57)44-42-40-38-36-34-32-30-28-22-20-18-16-14-12-10-8-6-4-2/h20,22,49-50,52-56,58-59H,3-19,21,23-48H2,1-2H3,(H,60,61,62)/b22-20-. The van der Waals surface area contributed by atoms with Crippen LogP contribution in [0.1, 0.15) is 271 Å². The van der Waals surface area contributed by atoms with E-state index in [9.17, 15) is 33.1 Å². The van der Waals surface area contributed by atoms with Gasteiger partial charge in [-0.15, -0.1) is 0 Å². The summed E-state index contributed by atoms with van der Waals surface area (Å²) in [6, 6.07) is 0. The zero-order valence-electron chi connectivity index (χ0n) is 43.7. The van der Waals surface area contributed by atoms with Crippen LogP contribution in [0.4, 0.5) is 0 Å². The van der Waals surface area contributed by atoms with Crippen LogP contribution < -0.4 is 0 Å². The van der Waals surface area contributed by atoms with E-state index in [1.807, 2.05) is 0 Å². The zero-order chi connectivity index (χ0) is 49.6. The van der Waals surface area contributed by atoms with E-state index in [4.69, 9.17) is 18.9 Å². The number of hydrogen-bond acceptors (Lipinski definition) is 11. The Kier molecular flexibility index (Phi) is 44.7. The molecule has 13 heteroatoms. The molecule has 12 nitrogen and oxygen atoms in total. The first-order valence-corrected chi connectivity index (χ1v) is 29.8. The fourth-order valence-corrected chi connectivity index (χ4v) is 9.59. The number of ether oxygens (including phenoxy) is 4. The number of hydrogen-bond donors (Lipinski definition) is 4. The van der Waals surface area contributed by atoms with Crippen molar-refractivity contribution in [1.82, 2.24) is 0 Å². The molecule has 4 N–H and O–H groups in total. The normalized spacial score (nSPS) is 19.3. The van der Waals surface area contributed by atoms with Crippen LogP contribution in [-0.2, 0) is 38.3 Å². The quantitative estimate of drug-likeness (QED) is 0.0196. The molecule has 0 spiro atoms. The van der Waals surface area contributed by atoms with Gasteiger partial charge in [-0.3, -0.25) is 9.35 Å². The van der Waals surface area contributed by atoms with Crippen molar-refractivity contribution in [2.45, 2.75) is 307 Å². The molecule has 1 aliphatic rings. The van der Waals surface area contributed by atoms with Gasteiger partial charge in [0.2, 0.25) is 0 Å². The number of unbranched alkanes of at least 4 members (excludes halogenated alkanes) is 36. The molecule has 0 saturated carbocycles. The molecule has 1 aliphatic heterocycles. The fraction of sp³-hybridized carbons (Fsp3) is 0.945. The molecule has 68 heavy (non-hydrogen) atoms. The summed E-state index contributed by atoms with van der Waals surface area (Å²) in [4.78, 5) is 12.9. The van der Waals surface area contributed by atoms with Gasteiger partial charge in [0, 0.05) is 13.0 Å². The topological polar surface area (TPSA) is 178 Å². The monoisotopic (exact) mass is 991 g/mol. The Morgan fingerprint density at radius 3 is 1.32 bits per heavy atom. The number of allylic oxidation sites excluding steroid dienone is 2. The third-order valence-electron chi connectivity index (χ3n) is 13.4. The van der Waals surface area contributed by atoms with Gasteiger partial charge in [0.05, 0.1) is 19.8 Å². The van der Waals surface area contributed by atoms with Crippen LogP contribution in [0.3, 0.4) is 0 Å². The molecular weight excluding hydrogens is 885 g/mol. The molecule has 1 rings (SSSR count). The second-order valence-corrected chi connectivity index (χ2v) is 20.9. The number of carbonyl (C=O) groups excluding carboxylic acids is 1. The number of carbonyl (C=O) groups is 1. The summed E-state index contributed by atoms with van der Waals surface area (Å²) in [5.74, 6) is -0.397. The lowest BCUT2D eigenvalue weighted by Gasteiger charge is -2.41. The molecule has 404 valence electrons. The van der Waals surface area contributed by atoms with Gasteiger partial charge in [-0.1, -0.05) is 238 Å². The van der Waals surface area contributed by atoms with Gasteiger partial charge >= 0.3 is 16.4 Å². The third-order valence-corrected chi connectivity index (χ3v) is 13.9. The number of rotatable bonds is 51. The highest BCUT2D eigenvalue weighted by molar-refractivity contribution is 7.80. The zero-order valence-corrected chi connectivity index (χ0v) is 44.5. The summed E-state index contributed by atoms with van der Waals surface area (Å²) >= 11 is 0. The summed E-state index contributed by atoms with van der Waals surface area (Å²) < 4.78 is 59.4. The lowest BCUT2D eigenvalue weighted by Crippen LogP contribution is -2.60. The minimum atomic E-state index is -5.06. The van der Waals surface area contributed by atoms with Crippen LogP contribution in [0.2, 0.25) is 0 Å². The van der Waals surface area contributed by atoms with E-state index in [-0.39, 0.29) is 19.6 Å². The molecule has 0 aromatic carbocycles. The van der Waals surface area contributed by atoms with E-state index in [0.29, 0.717) is 13.0 Å². The van der Waals surface area contributed by atoms with Crippen LogP contribution in [0.25, 0.3) is 0 Å². The molecule has 0 aliphatic carbocycles. The van der Waals surface area contributed by atoms with Crippen molar-refractivity contribution in [3.8, 4) is 0 Å². The highest BCUT2D eigenvalue weighted by atomic mass is 32.3. The van der Waals surface area contributed by atoms with Crippen LogP contribution in [0.15, 0.2) is 12.2 Å². The summed E-state index contributed by atoms with van der Waals surface area (Å²) in [5.41, 5.74) is 0. The predicted molar refractivity (Wildman–Crippen MR) is 276 cm³/mol. The van der Waals surface area contributed by atoms with Crippen molar-refractivity contribution >= 4 is 16.4 Å². The summed E-state index contributed by atoms with van der Waals surface area (Å²) in [7, 11) is -5.06. The van der Waals surface area contributed by atoms with Crippen molar-refractivity contribution in [2.75, 3.05) is 26.4 Å². The van der Waals surface area contributed by atoms with Crippen molar-refractivity contribution in [3.63, 3.8) is 0 Å². The lowest BCUT2D eigenvalue weighted by atomic mass is 9.99.